The van der Waals surface area contributed by atoms with Crippen molar-refractivity contribution in [3.05, 3.63) is 35.9 Å². The number of hydrogen-bond acceptors (Lipinski definition) is 3. The lowest BCUT2D eigenvalue weighted by atomic mass is 9.96. The van der Waals surface area contributed by atoms with Gasteiger partial charge in [0.25, 0.3) is 0 Å². The quantitative estimate of drug-likeness (QED) is 0.704. The van der Waals surface area contributed by atoms with Gasteiger partial charge in [0.15, 0.2) is 0 Å². The van der Waals surface area contributed by atoms with Crippen molar-refractivity contribution < 1.29 is 10.2 Å². The Kier molecular flexibility index (Phi) is 4.08. The highest BCUT2D eigenvalue weighted by atomic mass is 16.3. The van der Waals surface area contributed by atoms with E-state index in [9.17, 15) is 10.2 Å². The van der Waals surface area contributed by atoms with Crippen LogP contribution in [0.1, 0.15) is 26.3 Å². The van der Waals surface area contributed by atoms with Crippen molar-refractivity contribution in [3.63, 3.8) is 0 Å². The highest BCUT2D eigenvalue weighted by Gasteiger charge is 2.23. The van der Waals surface area contributed by atoms with Crippen LogP contribution in [0.2, 0.25) is 0 Å². The molecule has 0 heterocycles. The van der Waals surface area contributed by atoms with Gasteiger partial charge >= 0.3 is 0 Å². The van der Waals surface area contributed by atoms with E-state index in [0.29, 0.717) is 13.1 Å². The molecule has 0 spiro atoms. The Bertz CT molecular complexity index is 314. The fourth-order valence-electron chi connectivity index (χ4n) is 1.51. The van der Waals surface area contributed by atoms with E-state index in [4.69, 9.17) is 0 Å². The first-order chi connectivity index (χ1) is 7.31. The summed E-state index contributed by atoms with van der Waals surface area (Å²) >= 11 is 0. The molecule has 3 nitrogen and oxygen atoms in total. The minimum Gasteiger partial charge on any atom is -0.389 e. The van der Waals surface area contributed by atoms with E-state index in [1.165, 1.54) is 0 Å². The Labute approximate surface area is 97.1 Å². The first-order valence-electron chi connectivity index (χ1n) is 5.52. The first kappa shape index (κ1) is 13.2. The summed E-state index contributed by atoms with van der Waals surface area (Å²) in [5, 5.41) is 22.8. The van der Waals surface area contributed by atoms with Gasteiger partial charge in [-0.1, -0.05) is 30.3 Å². The first-order valence-corrected chi connectivity index (χ1v) is 5.52. The van der Waals surface area contributed by atoms with E-state index in [0.717, 1.165) is 5.56 Å². The zero-order chi connectivity index (χ0) is 12.2. The van der Waals surface area contributed by atoms with Crippen LogP contribution in [0.15, 0.2) is 30.3 Å². The van der Waals surface area contributed by atoms with Crippen LogP contribution in [0.4, 0.5) is 0 Å². The van der Waals surface area contributed by atoms with Crippen LogP contribution in [0, 0.1) is 0 Å². The molecular weight excluding hydrogens is 202 g/mol. The van der Waals surface area contributed by atoms with Crippen LogP contribution in [-0.4, -0.2) is 28.9 Å². The summed E-state index contributed by atoms with van der Waals surface area (Å²) < 4.78 is 0. The lowest BCUT2D eigenvalue weighted by molar-refractivity contribution is 0.0396. The van der Waals surface area contributed by atoms with Crippen LogP contribution in [-0.2, 0) is 5.60 Å². The molecule has 0 saturated carbocycles. The molecular formula is C13H21NO2. The van der Waals surface area contributed by atoms with Crippen LogP contribution < -0.4 is 5.32 Å². The van der Waals surface area contributed by atoms with E-state index in [-0.39, 0.29) is 0 Å². The van der Waals surface area contributed by atoms with Gasteiger partial charge in [-0.2, -0.15) is 0 Å². The van der Waals surface area contributed by atoms with Crippen LogP contribution in [0.5, 0.6) is 0 Å². The van der Waals surface area contributed by atoms with Crippen molar-refractivity contribution in [1.29, 1.82) is 0 Å². The average Bonchev–Trinajstić information content (AvgIpc) is 2.17. The zero-order valence-electron chi connectivity index (χ0n) is 10.2. The van der Waals surface area contributed by atoms with Gasteiger partial charge in [-0.15, -0.1) is 0 Å². The van der Waals surface area contributed by atoms with Crippen molar-refractivity contribution in [2.45, 2.75) is 32.0 Å². The summed E-state index contributed by atoms with van der Waals surface area (Å²) in [6.07, 6.45) is 0. The molecule has 16 heavy (non-hydrogen) atoms. The molecule has 1 unspecified atom stereocenters. The number of hydrogen-bond donors (Lipinski definition) is 3. The predicted octanol–water partition coefficient (Wildman–Crippen LogP) is 1.25. The van der Waals surface area contributed by atoms with Gasteiger partial charge in [0.1, 0.15) is 0 Å². The standard InChI is InChI=1S/C13H21NO2/c1-12(2,15)9-14-10-13(3,16)11-7-5-4-6-8-11/h4-8,14-16H,9-10H2,1-3H3. The molecule has 3 heteroatoms. The number of benzene rings is 1. The number of aliphatic hydroxyl groups is 2. The molecule has 0 aromatic heterocycles. The maximum atomic E-state index is 10.2. The van der Waals surface area contributed by atoms with Crippen molar-refractivity contribution in [2.24, 2.45) is 0 Å². The van der Waals surface area contributed by atoms with E-state index >= 15 is 0 Å². The topological polar surface area (TPSA) is 52.5 Å². The Balaban J connectivity index is 2.53. The Morgan fingerprint density at radius 1 is 1.00 bits per heavy atom. The molecule has 0 aliphatic heterocycles. The second-order valence-electron chi connectivity index (χ2n) is 5.06. The largest absolute Gasteiger partial charge is 0.389 e. The number of nitrogens with one attached hydrogen (secondary N) is 1. The van der Waals surface area contributed by atoms with Crippen LogP contribution in [0.3, 0.4) is 0 Å². The van der Waals surface area contributed by atoms with Crippen molar-refractivity contribution in [1.82, 2.24) is 5.32 Å². The Hall–Kier alpha value is -0.900. The van der Waals surface area contributed by atoms with Gasteiger partial charge in [0.05, 0.1) is 11.2 Å². The van der Waals surface area contributed by atoms with Crippen molar-refractivity contribution in [2.75, 3.05) is 13.1 Å². The molecule has 0 radical (unpaired) electrons. The second-order valence-corrected chi connectivity index (χ2v) is 5.06. The third-order valence-electron chi connectivity index (χ3n) is 2.42. The molecule has 0 aliphatic carbocycles. The molecule has 1 aromatic carbocycles. The number of rotatable bonds is 5. The van der Waals surface area contributed by atoms with Crippen LogP contribution >= 0.6 is 0 Å². The average molecular weight is 223 g/mol. The monoisotopic (exact) mass is 223 g/mol. The molecule has 1 rings (SSSR count). The summed E-state index contributed by atoms with van der Waals surface area (Å²) in [5.74, 6) is 0. The molecule has 0 amide bonds. The van der Waals surface area contributed by atoms with E-state index < -0.39 is 11.2 Å². The van der Waals surface area contributed by atoms with Crippen LogP contribution in [0.25, 0.3) is 0 Å². The maximum absolute atomic E-state index is 10.2. The van der Waals surface area contributed by atoms with Gasteiger partial charge in [0, 0.05) is 13.1 Å². The normalized spacial score (nSPS) is 15.8. The SMILES string of the molecule is CC(C)(O)CNCC(C)(O)c1ccccc1. The minimum atomic E-state index is -0.910. The Morgan fingerprint density at radius 2 is 1.56 bits per heavy atom. The fraction of sp³-hybridized carbons (Fsp3) is 0.538. The highest BCUT2D eigenvalue weighted by molar-refractivity contribution is 5.21. The van der Waals surface area contributed by atoms with Gasteiger partial charge in [-0.05, 0) is 26.3 Å². The Morgan fingerprint density at radius 3 is 2.06 bits per heavy atom. The lowest BCUT2D eigenvalue weighted by Gasteiger charge is -2.26. The second kappa shape index (κ2) is 4.95. The summed E-state index contributed by atoms with van der Waals surface area (Å²) in [4.78, 5) is 0. The van der Waals surface area contributed by atoms with Crippen molar-refractivity contribution in [3.8, 4) is 0 Å². The minimum absolute atomic E-state index is 0.418. The molecule has 3 N–H and O–H groups in total. The third kappa shape index (κ3) is 4.31. The molecule has 1 atom stereocenters. The molecule has 0 aliphatic rings. The summed E-state index contributed by atoms with van der Waals surface area (Å²) in [5.41, 5.74) is -0.794. The highest BCUT2D eigenvalue weighted by Crippen LogP contribution is 2.18. The maximum Gasteiger partial charge on any atom is 0.0992 e. The van der Waals surface area contributed by atoms with E-state index in [1.807, 2.05) is 30.3 Å². The fourth-order valence-corrected chi connectivity index (χ4v) is 1.51. The third-order valence-corrected chi connectivity index (χ3v) is 2.42. The molecule has 90 valence electrons. The van der Waals surface area contributed by atoms with Gasteiger partial charge < -0.3 is 15.5 Å². The molecule has 0 saturated heterocycles. The smallest absolute Gasteiger partial charge is 0.0992 e. The summed E-state index contributed by atoms with van der Waals surface area (Å²) in [6.45, 7) is 6.10. The van der Waals surface area contributed by atoms with Crippen molar-refractivity contribution >= 4 is 0 Å². The molecule has 0 bridgehead atoms. The van der Waals surface area contributed by atoms with Gasteiger partial charge in [-0.3, -0.25) is 0 Å². The lowest BCUT2D eigenvalue weighted by Crippen LogP contribution is -2.42. The van der Waals surface area contributed by atoms with E-state index in [1.54, 1.807) is 20.8 Å². The summed E-state index contributed by atoms with van der Waals surface area (Å²) in [6, 6.07) is 9.51. The van der Waals surface area contributed by atoms with Gasteiger partial charge in [0.2, 0.25) is 0 Å². The zero-order valence-corrected chi connectivity index (χ0v) is 10.2. The van der Waals surface area contributed by atoms with E-state index in [2.05, 4.69) is 5.32 Å². The summed E-state index contributed by atoms with van der Waals surface area (Å²) in [7, 11) is 0. The van der Waals surface area contributed by atoms with Gasteiger partial charge in [-0.25, -0.2) is 0 Å². The molecule has 0 fully saturated rings. The molecule has 1 aromatic rings. The predicted molar refractivity (Wildman–Crippen MR) is 65.2 cm³/mol.